The van der Waals surface area contributed by atoms with Crippen molar-refractivity contribution in [3.8, 4) is 0 Å². The van der Waals surface area contributed by atoms with Crippen molar-refractivity contribution in [1.29, 1.82) is 0 Å². The van der Waals surface area contributed by atoms with Crippen LogP contribution in [-0.2, 0) is 6.54 Å². The molecule has 0 bridgehead atoms. The van der Waals surface area contributed by atoms with Gasteiger partial charge in [0.15, 0.2) is 5.17 Å². The van der Waals surface area contributed by atoms with E-state index in [1.54, 1.807) is 0 Å². The van der Waals surface area contributed by atoms with Crippen LogP contribution < -0.4 is 5.73 Å². The molecular weight excluding hydrogens is 180 g/mol. The molecule has 1 aromatic rings. The third-order valence-corrected chi connectivity index (χ3v) is 2.26. The molecule has 0 aliphatic rings. The SMILES string of the molecule is CSC(N)=NCc1cccc(C)c1. The number of thioether (sulfide) groups is 1. The van der Waals surface area contributed by atoms with E-state index in [1.807, 2.05) is 12.3 Å². The van der Waals surface area contributed by atoms with E-state index >= 15 is 0 Å². The van der Waals surface area contributed by atoms with Crippen LogP contribution in [0.25, 0.3) is 0 Å². The molecule has 0 fully saturated rings. The molecule has 0 atom stereocenters. The maximum atomic E-state index is 5.57. The first-order valence-corrected chi connectivity index (χ1v) is 5.34. The van der Waals surface area contributed by atoms with Gasteiger partial charge in [-0.05, 0) is 18.7 Å². The van der Waals surface area contributed by atoms with Crippen LogP contribution in [0, 0.1) is 6.92 Å². The van der Waals surface area contributed by atoms with Crippen LogP contribution in [0.2, 0.25) is 0 Å². The van der Waals surface area contributed by atoms with Crippen LogP contribution in [0.15, 0.2) is 29.3 Å². The minimum atomic E-state index is 0.640. The zero-order valence-electron chi connectivity index (χ0n) is 7.95. The molecule has 1 rings (SSSR count). The first-order chi connectivity index (χ1) is 6.22. The van der Waals surface area contributed by atoms with Gasteiger partial charge in [-0.15, -0.1) is 0 Å². The Hall–Kier alpha value is -0.960. The van der Waals surface area contributed by atoms with Crippen molar-refractivity contribution < 1.29 is 0 Å². The van der Waals surface area contributed by atoms with Gasteiger partial charge in [0.2, 0.25) is 0 Å². The minimum Gasteiger partial charge on any atom is -0.379 e. The van der Waals surface area contributed by atoms with Gasteiger partial charge >= 0.3 is 0 Å². The van der Waals surface area contributed by atoms with Crippen molar-refractivity contribution in [1.82, 2.24) is 0 Å². The third kappa shape index (κ3) is 3.51. The second-order valence-electron chi connectivity index (χ2n) is 2.85. The molecular formula is C10H14N2S. The lowest BCUT2D eigenvalue weighted by atomic mass is 10.1. The topological polar surface area (TPSA) is 38.4 Å². The molecule has 1 aromatic carbocycles. The molecule has 0 heterocycles. The van der Waals surface area contributed by atoms with Crippen molar-refractivity contribution in [3.63, 3.8) is 0 Å². The third-order valence-electron chi connectivity index (χ3n) is 1.71. The standard InChI is InChI=1S/C10H14N2S/c1-8-4-3-5-9(6-8)7-12-10(11)13-2/h3-6H,7H2,1-2H3,(H2,11,12). The Balaban J connectivity index is 2.64. The first-order valence-electron chi connectivity index (χ1n) is 4.12. The Labute approximate surface area is 83.2 Å². The lowest BCUT2D eigenvalue weighted by Crippen LogP contribution is -2.05. The van der Waals surface area contributed by atoms with E-state index in [1.165, 1.54) is 22.9 Å². The summed E-state index contributed by atoms with van der Waals surface area (Å²) < 4.78 is 0. The largest absolute Gasteiger partial charge is 0.379 e. The van der Waals surface area contributed by atoms with Crippen LogP contribution in [0.1, 0.15) is 11.1 Å². The molecule has 2 nitrogen and oxygen atoms in total. The van der Waals surface area contributed by atoms with E-state index < -0.39 is 0 Å². The second-order valence-corrected chi connectivity index (χ2v) is 3.67. The number of amidine groups is 1. The fraction of sp³-hybridized carbons (Fsp3) is 0.300. The highest BCUT2D eigenvalue weighted by Gasteiger charge is 1.92. The number of hydrogen-bond donors (Lipinski definition) is 1. The summed E-state index contributed by atoms with van der Waals surface area (Å²) in [6, 6.07) is 8.29. The van der Waals surface area contributed by atoms with Crippen LogP contribution in [-0.4, -0.2) is 11.4 Å². The van der Waals surface area contributed by atoms with Crippen LogP contribution in [0.5, 0.6) is 0 Å². The summed E-state index contributed by atoms with van der Waals surface area (Å²) in [6.07, 6.45) is 1.93. The number of rotatable bonds is 2. The predicted molar refractivity (Wildman–Crippen MR) is 60.0 cm³/mol. The molecule has 0 spiro atoms. The normalized spacial score (nSPS) is 11.7. The van der Waals surface area contributed by atoms with Crippen molar-refractivity contribution in [2.24, 2.45) is 10.7 Å². The summed E-state index contributed by atoms with van der Waals surface area (Å²) in [4.78, 5) is 4.21. The zero-order valence-corrected chi connectivity index (χ0v) is 8.77. The molecule has 2 N–H and O–H groups in total. The zero-order chi connectivity index (χ0) is 9.68. The van der Waals surface area contributed by atoms with Crippen molar-refractivity contribution in [2.75, 3.05) is 6.26 Å². The van der Waals surface area contributed by atoms with E-state index in [2.05, 4.69) is 30.1 Å². The number of aliphatic imine (C=N–C) groups is 1. The van der Waals surface area contributed by atoms with Gasteiger partial charge in [0.25, 0.3) is 0 Å². The Morgan fingerprint density at radius 3 is 2.92 bits per heavy atom. The quantitative estimate of drug-likeness (QED) is 0.579. The summed E-state index contributed by atoms with van der Waals surface area (Å²) in [6.45, 7) is 2.75. The molecule has 0 aromatic heterocycles. The Bertz CT molecular complexity index is 308. The van der Waals surface area contributed by atoms with Gasteiger partial charge < -0.3 is 5.73 Å². The van der Waals surface area contributed by atoms with Crippen LogP contribution in [0.3, 0.4) is 0 Å². The molecule has 0 saturated heterocycles. The number of nitrogens with zero attached hydrogens (tertiary/aromatic N) is 1. The van der Waals surface area contributed by atoms with Gasteiger partial charge in [0.05, 0.1) is 6.54 Å². The highest BCUT2D eigenvalue weighted by Crippen LogP contribution is 2.05. The molecule has 0 aliphatic carbocycles. The Morgan fingerprint density at radius 2 is 2.31 bits per heavy atom. The average Bonchev–Trinajstić information content (AvgIpc) is 2.14. The van der Waals surface area contributed by atoms with E-state index in [9.17, 15) is 0 Å². The van der Waals surface area contributed by atoms with Gasteiger partial charge in [-0.25, -0.2) is 0 Å². The minimum absolute atomic E-state index is 0.640. The van der Waals surface area contributed by atoms with Crippen LogP contribution in [0.4, 0.5) is 0 Å². The summed E-state index contributed by atoms with van der Waals surface area (Å²) in [7, 11) is 0. The van der Waals surface area contributed by atoms with Crippen molar-refractivity contribution in [3.05, 3.63) is 35.4 Å². The van der Waals surface area contributed by atoms with Crippen LogP contribution >= 0.6 is 11.8 Å². The smallest absolute Gasteiger partial charge is 0.153 e. The number of hydrogen-bond acceptors (Lipinski definition) is 2. The van der Waals surface area contributed by atoms with E-state index in [-0.39, 0.29) is 0 Å². The molecule has 3 heteroatoms. The highest BCUT2D eigenvalue weighted by atomic mass is 32.2. The van der Waals surface area contributed by atoms with E-state index in [4.69, 9.17) is 5.73 Å². The first kappa shape index (κ1) is 10.1. The lowest BCUT2D eigenvalue weighted by Gasteiger charge is -1.99. The molecule has 13 heavy (non-hydrogen) atoms. The van der Waals surface area contributed by atoms with Gasteiger partial charge in [-0.2, -0.15) is 0 Å². The maximum absolute atomic E-state index is 5.57. The van der Waals surface area contributed by atoms with E-state index in [0.717, 1.165) is 0 Å². The molecule has 0 unspecified atom stereocenters. The van der Waals surface area contributed by atoms with E-state index in [0.29, 0.717) is 11.7 Å². The molecule has 0 radical (unpaired) electrons. The monoisotopic (exact) mass is 194 g/mol. The maximum Gasteiger partial charge on any atom is 0.153 e. The molecule has 0 amide bonds. The van der Waals surface area contributed by atoms with Gasteiger partial charge in [-0.1, -0.05) is 41.6 Å². The average molecular weight is 194 g/mol. The summed E-state index contributed by atoms with van der Waals surface area (Å²) in [5.74, 6) is 0. The van der Waals surface area contributed by atoms with Gasteiger partial charge in [0, 0.05) is 0 Å². The molecule has 0 saturated carbocycles. The molecule has 0 aliphatic heterocycles. The number of nitrogens with two attached hydrogens (primary N) is 1. The van der Waals surface area contributed by atoms with Gasteiger partial charge in [-0.3, -0.25) is 4.99 Å². The number of aryl methyl sites for hydroxylation is 1. The predicted octanol–water partition coefficient (Wildman–Crippen LogP) is 2.17. The Kier molecular flexibility index (Phi) is 3.83. The Morgan fingerprint density at radius 1 is 1.54 bits per heavy atom. The highest BCUT2D eigenvalue weighted by molar-refractivity contribution is 8.13. The fourth-order valence-electron chi connectivity index (χ4n) is 1.04. The number of benzene rings is 1. The van der Waals surface area contributed by atoms with Crippen molar-refractivity contribution >= 4 is 16.9 Å². The summed E-state index contributed by atoms with van der Waals surface area (Å²) >= 11 is 1.48. The second kappa shape index (κ2) is 4.92. The lowest BCUT2D eigenvalue weighted by molar-refractivity contribution is 1.06. The van der Waals surface area contributed by atoms with Crippen molar-refractivity contribution in [2.45, 2.75) is 13.5 Å². The molecule has 70 valence electrons. The summed E-state index contributed by atoms with van der Waals surface area (Å²) in [5, 5.41) is 0.640. The van der Waals surface area contributed by atoms with Gasteiger partial charge in [0.1, 0.15) is 0 Å². The summed E-state index contributed by atoms with van der Waals surface area (Å²) in [5.41, 5.74) is 8.04. The fourth-order valence-corrected chi connectivity index (χ4v) is 1.24.